The Morgan fingerprint density at radius 3 is 2.86 bits per heavy atom. The summed E-state index contributed by atoms with van der Waals surface area (Å²) < 4.78 is 26.7. The Bertz CT molecular complexity index is 555. The second-order valence-corrected chi connectivity index (χ2v) is 6.11. The number of carbonyl (C=O) groups is 1. The predicted molar refractivity (Wildman–Crippen MR) is 83.1 cm³/mol. The fraction of sp³-hybridized carbons (Fsp3) is 0.562. The van der Waals surface area contributed by atoms with Crippen LogP contribution in [0.1, 0.15) is 24.3 Å². The molecule has 1 aliphatic heterocycles. The van der Waals surface area contributed by atoms with E-state index >= 15 is 0 Å². The zero-order valence-electron chi connectivity index (χ0n) is 12.5. The summed E-state index contributed by atoms with van der Waals surface area (Å²) in [6.45, 7) is 2.50. The van der Waals surface area contributed by atoms with E-state index in [1.165, 1.54) is 12.1 Å². The van der Waals surface area contributed by atoms with E-state index in [1.807, 2.05) is 11.9 Å². The van der Waals surface area contributed by atoms with E-state index < -0.39 is 11.6 Å². The fourth-order valence-electron chi connectivity index (χ4n) is 3.34. The van der Waals surface area contributed by atoms with Crippen molar-refractivity contribution < 1.29 is 13.6 Å². The van der Waals surface area contributed by atoms with Gasteiger partial charge in [-0.3, -0.25) is 4.79 Å². The first-order chi connectivity index (χ1) is 10.1. The monoisotopic (exact) mass is 330 g/mol. The summed E-state index contributed by atoms with van der Waals surface area (Å²) >= 11 is 0. The van der Waals surface area contributed by atoms with Crippen LogP contribution in [0.25, 0.3) is 0 Å². The number of likely N-dealkylation sites (tertiary alicyclic amines) is 1. The predicted octanol–water partition coefficient (Wildman–Crippen LogP) is 2.56. The standard InChI is InChI=1S/C16H20F2N2O.ClH/c1-19-8-10-4-5-20(9-10)16(21)14-7-13(14)12-3-2-11(17)6-15(12)18;/h2-3,6,10,13-14,19H,4-5,7-9H2,1H3;1H. The topological polar surface area (TPSA) is 32.3 Å². The molecule has 0 bridgehead atoms. The van der Waals surface area contributed by atoms with E-state index in [1.54, 1.807) is 0 Å². The number of rotatable bonds is 4. The largest absolute Gasteiger partial charge is 0.342 e. The van der Waals surface area contributed by atoms with Gasteiger partial charge < -0.3 is 10.2 Å². The molecule has 0 aromatic heterocycles. The van der Waals surface area contributed by atoms with Gasteiger partial charge in [-0.15, -0.1) is 12.4 Å². The van der Waals surface area contributed by atoms with Gasteiger partial charge in [0.25, 0.3) is 0 Å². The molecule has 3 rings (SSSR count). The molecule has 1 aromatic carbocycles. The van der Waals surface area contributed by atoms with Crippen molar-refractivity contribution in [3.8, 4) is 0 Å². The maximum atomic E-state index is 13.7. The maximum absolute atomic E-state index is 13.7. The van der Waals surface area contributed by atoms with E-state index in [9.17, 15) is 13.6 Å². The van der Waals surface area contributed by atoms with Crippen LogP contribution >= 0.6 is 12.4 Å². The van der Waals surface area contributed by atoms with Crippen LogP contribution in [0.2, 0.25) is 0 Å². The molecule has 1 aromatic rings. The Labute approximate surface area is 135 Å². The van der Waals surface area contributed by atoms with E-state index in [2.05, 4.69) is 5.32 Å². The number of carbonyl (C=O) groups excluding carboxylic acids is 1. The molecule has 3 nitrogen and oxygen atoms in total. The molecule has 2 fully saturated rings. The minimum atomic E-state index is -0.575. The second-order valence-electron chi connectivity index (χ2n) is 6.11. The summed E-state index contributed by atoms with van der Waals surface area (Å²) in [6.07, 6.45) is 1.70. The Morgan fingerprint density at radius 1 is 1.41 bits per heavy atom. The number of nitrogens with zero attached hydrogens (tertiary/aromatic N) is 1. The third-order valence-corrected chi connectivity index (χ3v) is 4.56. The molecule has 1 amide bonds. The molecule has 0 spiro atoms. The first-order valence-electron chi connectivity index (χ1n) is 7.48. The van der Waals surface area contributed by atoms with Crippen molar-refractivity contribution in [2.45, 2.75) is 18.8 Å². The van der Waals surface area contributed by atoms with Gasteiger partial charge in [0.15, 0.2) is 0 Å². The van der Waals surface area contributed by atoms with Gasteiger partial charge in [0.1, 0.15) is 11.6 Å². The number of amides is 1. The van der Waals surface area contributed by atoms with Crippen LogP contribution in [0, 0.1) is 23.5 Å². The van der Waals surface area contributed by atoms with Crippen molar-refractivity contribution in [1.82, 2.24) is 10.2 Å². The highest BCUT2D eigenvalue weighted by atomic mass is 35.5. The van der Waals surface area contributed by atoms with Gasteiger partial charge in [0.05, 0.1) is 0 Å². The maximum Gasteiger partial charge on any atom is 0.226 e. The third kappa shape index (κ3) is 3.41. The number of hydrogen-bond donors (Lipinski definition) is 1. The van der Waals surface area contributed by atoms with Crippen LogP contribution in [0.3, 0.4) is 0 Å². The molecule has 1 N–H and O–H groups in total. The first kappa shape index (κ1) is 17.2. The van der Waals surface area contributed by atoms with Crippen LogP contribution in [-0.4, -0.2) is 37.5 Å². The molecule has 3 atom stereocenters. The molecule has 2 aliphatic rings. The average molecular weight is 331 g/mol. The van der Waals surface area contributed by atoms with Gasteiger partial charge in [-0.2, -0.15) is 0 Å². The summed E-state index contributed by atoms with van der Waals surface area (Å²) in [5.74, 6) is -0.681. The van der Waals surface area contributed by atoms with Gasteiger partial charge in [-0.1, -0.05) is 6.07 Å². The average Bonchev–Trinajstić information content (AvgIpc) is 3.09. The lowest BCUT2D eigenvalue weighted by Crippen LogP contribution is -2.31. The summed E-state index contributed by atoms with van der Waals surface area (Å²) in [4.78, 5) is 14.3. The molecule has 1 aliphatic carbocycles. The number of halogens is 3. The second kappa shape index (κ2) is 6.92. The lowest BCUT2D eigenvalue weighted by Gasteiger charge is -2.16. The highest BCUT2D eigenvalue weighted by Crippen LogP contribution is 2.49. The Balaban J connectivity index is 0.00000176. The molecular formula is C16H21ClF2N2O. The van der Waals surface area contributed by atoms with Crippen molar-refractivity contribution in [1.29, 1.82) is 0 Å². The van der Waals surface area contributed by atoms with Crippen LogP contribution in [0.4, 0.5) is 8.78 Å². The molecule has 22 heavy (non-hydrogen) atoms. The van der Waals surface area contributed by atoms with E-state index in [0.717, 1.165) is 32.1 Å². The highest BCUT2D eigenvalue weighted by molar-refractivity contribution is 5.85. The molecule has 1 saturated carbocycles. The quantitative estimate of drug-likeness (QED) is 0.920. The van der Waals surface area contributed by atoms with Crippen molar-refractivity contribution in [3.05, 3.63) is 35.4 Å². The minimum Gasteiger partial charge on any atom is -0.342 e. The van der Waals surface area contributed by atoms with E-state index in [4.69, 9.17) is 0 Å². The molecule has 122 valence electrons. The smallest absolute Gasteiger partial charge is 0.226 e. The number of benzene rings is 1. The van der Waals surface area contributed by atoms with Gasteiger partial charge in [-0.25, -0.2) is 8.78 Å². The van der Waals surface area contributed by atoms with Crippen molar-refractivity contribution in [2.24, 2.45) is 11.8 Å². The van der Waals surface area contributed by atoms with Crippen molar-refractivity contribution >= 4 is 18.3 Å². The SMILES string of the molecule is CNCC1CCN(C(=O)C2CC2c2ccc(F)cc2F)C1.Cl. The molecular weight excluding hydrogens is 310 g/mol. The van der Waals surface area contributed by atoms with Gasteiger partial charge in [0, 0.05) is 25.1 Å². The number of hydrogen-bond acceptors (Lipinski definition) is 2. The van der Waals surface area contributed by atoms with Gasteiger partial charge in [0.2, 0.25) is 5.91 Å². The molecule has 6 heteroatoms. The fourth-order valence-corrected chi connectivity index (χ4v) is 3.34. The van der Waals surface area contributed by atoms with Crippen LogP contribution < -0.4 is 5.32 Å². The summed E-state index contributed by atoms with van der Waals surface area (Å²) in [5, 5.41) is 3.14. The number of nitrogens with one attached hydrogen (secondary N) is 1. The summed E-state index contributed by atoms with van der Waals surface area (Å²) in [5.41, 5.74) is 0.473. The van der Waals surface area contributed by atoms with Gasteiger partial charge >= 0.3 is 0 Å². The van der Waals surface area contributed by atoms with Crippen LogP contribution in [-0.2, 0) is 4.79 Å². The van der Waals surface area contributed by atoms with Gasteiger partial charge in [-0.05, 0) is 49.9 Å². The van der Waals surface area contributed by atoms with Crippen molar-refractivity contribution in [2.75, 3.05) is 26.7 Å². The van der Waals surface area contributed by atoms with Crippen LogP contribution in [0.5, 0.6) is 0 Å². The molecule has 3 unspecified atom stereocenters. The highest BCUT2D eigenvalue weighted by Gasteiger charge is 2.47. The third-order valence-electron chi connectivity index (χ3n) is 4.56. The lowest BCUT2D eigenvalue weighted by molar-refractivity contribution is -0.131. The van der Waals surface area contributed by atoms with Crippen LogP contribution in [0.15, 0.2) is 18.2 Å². The Kier molecular flexibility index (Phi) is 5.40. The molecule has 0 radical (unpaired) electrons. The molecule has 1 saturated heterocycles. The first-order valence-corrected chi connectivity index (χ1v) is 7.48. The van der Waals surface area contributed by atoms with E-state index in [0.29, 0.717) is 17.9 Å². The zero-order valence-corrected chi connectivity index (χ0v) is 13.3. The normalized spacial score (nSPS) is 26.7. The zero-order chi connectivity index (χ0) is 15.0. The molecule has 1 heterocycles. The summed E-state index contributed by atoms with van der Waals surface area (Å²) in [7, 11) is 1.92. The van der Waals surface area contributed by atoms with Crippen molar-refractivity contribution in [3.63, 3.8) is 0 Å². The summed E-state index contributed by atoms with van der Waals surface area (Å²) in [6, 6.07) is 3.63. The Morgan fingerprint density at radius 2 is 2.18 bits per heavy atom. The lowest BCUT2D eigenvalue weighted by atomic mass is 10.1. The minimum absolute atomic E-state index is 0. The Hall–Kier alpha value is -1.20. The van der Waals surface area contributed by atoms with E-state index in [-0.39, 0.29) is 30.2 Å².